The van der Waals surface area contributed by atoms with Crippen molar-refractivity contribution in [3.63, 3.8) is 0 Å². The number of hydrogen-bond donors (Lipinski definition) is 1. The van der Waals surface area contributed by atoms with Crippen molar-refractivity contribution in [2.24, 2.45) is 0 Å². The van der Waals surface area contributed by atoms with Gasteiger partial charge in [-0.1, -0.05) is 25.4 Å². The van der Waals surface area contributed by atoms with Gasteiger partial charge in [0.25, 0.3) is 0 Å². The van der Waals surface area contributed by atoms with Crippen LogP contribution in [-0.2, 0) is 6.18 Å². The van der Waals surface area contributed by atoms with E-state index in [0.717, 1.165) is 6.07 Å². The zero-order chi connectivity index (χ0) is 13.2. The number of imidazole rings is 1. The highest BCUT2D eigenvalue weighted by Gasteiger charge is 2.34. The van der Waals surface area contributed by atoms with E-state index >= 15 is 0 Å². The molecule has 17 heavy (non-hydrogen) atoms. The number of hydrogen-bond acceptors (Lipinski definition) is 1. The third kappa shape index (κ3) is 2.91. The average Bonchev–Trinajstić information content (AvgIpc) is 2.58. The summed E-state index contributed by atoms with van der Waals surface area (Å²) in [6.45, 7) is 5.59. The number of aromatic amines is 1. The van der Waals surface area contributed by atoms with E-state index < -0.39 is 11.7 Å². The van der Waals surface area contributed by atoms with Crippen molar-refractivity contribution in [2.45, 2.75) is 26.9 Å². The molecule has 2 aromatic rings. The van der Waals surface area contributed by atoms with Crippen LogP contribution in [0.2, 0.25) is 5.02 Å². The summed E-state index contributed by atoms with van der Waals surface area (Å²) in [5.74, 6) is 0.428. The first-order chi connectivity index (χ1) is 7.88. The summed E-state index contributed by atoms with van der Waals surface area (Å²) < 4.78 is 37.8. The first kappa shape index (κ1) is 13.8. The number of fused-ring (bicyclic) bond motifs is 1. The molecule has 1 heterocycles. The third-order valence-corrected chi connectivity index (χ3v) is 2.19. The van der Waals surface area contributed by atoms with Crippen LogP contribution in [0.5, 0.6) is 0 Å². The smallest absolute Gasteiger partial charge is 0.342 e. The Balaban J connectivity index is 0.000000686. The summed E-state index contributed by atoms with van der Waals surface area (Å²) in [4.78, 5) is 6.50. The van der Waals surface area contributed by atoms with Crippen molar-refractivity contribution in [1.82, 2.24) is 9.97 Å². The van der Waals surface area contributed by atoms with E-state index in [1.807, 2.05) is 13.8 Å². The number of aryl methyl sites for hydroxylation is 1. The zero-order valence-corrected chi connectivity index (χ0v) is 10.4. The fraction of sp³-hybridized carbons (Fsp3) is 0.364. The van der Waals surface area contributed by atoms with Crippen LogP contribution in [0.25, 0.3) is 11.0 Å². The van der Waals surface area contributed by atoms with Crippen LogP contribution < -0.4 is 0 Å². The standard InChI is InChI=1S/C9H6ClF3N2.C2H6/c1-4-14-7-3-5(10)2-6(8(7)15-4)9(11,12)13;1-2/h2-3H,1H3,(H,14,15);1-2H3. The maximum Gasteiger partial charge on any atom is 0.418 e. The molecular weight excluding hydrogens is 253 g/mol. The molecule has 0 bridgehead atoms. The van der Waals surface area contributed by atoms with E-state index in [1.165, 1.54) is 6.07 Å². The fourth-order valence-electron chi connectivity index (χ4n) is 1.42. The van der Waals surface area contributed by atoms with Gasteiger partial charge in [-0.15, -0.1) is 0 Å². The lowest BCUT2D eigenvalue weighted by Gasteiger charge is -2.07. The minimum atomic E-state index is -4.44. The number of benzene rings is 1. The molecular formula is C11H12ClF3N2. The molecule has 0 saturated heterocycles. The molecule has 0 spiro atoms. The normalized spacial score (nSPS) is 11.2. The fourth-order valence-corrected chi connectivity index (χ4v) is 1.64. The van der Waals surface area contributed by atoms with Crippen molar-refractivity contribution in [3.05, 3.63) is 28.5 Å². The molecule has 0 amide bonds. The molecule has 1 N–H and O–H groups in total. The van der Waals surface area contributed by atoms with Crippen LogP contribution in [-0.4, -0.2) is 9.97 Å². The predicted molar refractivity (Wildman–Crippen MR) is 62.2 cm³/mol. The van der Waals surface area contributed by atoms with E-state index in [0.29, 0.717) is 11.3 Å². The highest BCUT2D eigenvalue weighted by atomic mass is 35.5. The number of aromatic nitrogens is 2. The average molecular weight is 265 g/mol. The number of nitrogens with zero attached hydrogens (tertiary/aromatic N) is 1. The van der Waals surface area contributed by atoms with Crippen LogP contribution in [0.1, 0.15) is 25.2 Å². The summed E-state index contributed by atoms with van der Waals surface area (Å²) in [7, 11) is 0. The lowest BCUT2D eigenvalue weighted by Crippen LogP contribution is -2.05. The molecule has 0 saturated carbocycles. The Labute approximate surface area is 102 Å². The zero-order valence-electron chi connectivity index (χ0n) is 9.61. The van der Waals surface area contributed by atoms with Crippen molar-refractivity contribution >= 4 is 22.6 Å². The van der Waals surface area contributed by atoms with Gasteiger partial charge < -0.3 is 4.98 Å². The summed E-state index contributed by atoms with van der Waals surface area (Å²) in [6.07, 6.45) is -4.44. The number of rotatable bonds is 0. The second-order valence-electron chi connectivity index (χ2n) is 3.17. The maximum atomic E-state index is 12.6. The van der Waals surface area contributed by atoms with Crippen molar-refractivity contribution in [1.29, 1.82) is 0 Å². The van der Waals surface area contributed by atoms with Crippen LogP contribution in [0, 0.1) is 6.92 Å². The number of halogens is 4. The SMILES string of the molecule is CC.Cc1nc2c(C(F)(F)F)cc(Cl)cc2[nH]1. The predicted octanol–water partition coefficient (Wildman–Crippen LogP) is 4.57. The van der Waals surface area contributed by atoms with Crippen LogP contribution >= 0.6 is 11.6 Å². The Hall–Kier alpha value is -1.23. The van der Waals surface area contributed by atoms with Crippen molar-refractivity contribution in [2.75, 3.05) is 0 Å². The molecule has 2 nitrogen and oxygen atoms in total. The topological polar surface area (TPSA) is 28.7 Å². The molecule has 6 heteroatoms. The Morgan fingerprint density at radius 2 is 1.82 bits per heavy atom. The molecule has 2 rings (SSSR count). The van der Waals surface area contributed by atoms with Crippen LogP contribution in [0.15, 0.2) is 12.1 Å². The Morgan fingerprint density at radius 1 is 1.24 bits per heavy atom. The van der Waals surface area contributed by atoms with E-state index in [4.69, 9.17) is 11.6 Å². The summed E-state index contributed by atoms with van der Waals surface area (Å²) in [6, 6.07) is 2.30. The molecule has 1 aromatic carbocycles. The largest absolute Gasteiger partial charge is 0.418 e. The summed E-state index contributed by atoms with van der Waals surface area (Å²) in [5, 5.41) is 0.0403. The van der Waals surface area contributed by atoms with Gasteiger partial charge in [0, 0.05) is 5.02 Å². The van der Waals surface area contributed by atoms with E-state index in [2.05, 4.69) is 9.97 Å². The number of nitrogens with one attached hydrogen (secondary N) is 1. The van der Waals surface area contributed by atoms with Gasteiger partial charge in [-0.25, -0.2) is 4.98 Å². The van der Waals surface area contributed by atoms with Gasteiger partial charge in [-0.3, -0.25) is 0 Å². The van der Waals surface area contributed by atoms with Gasteiger partial charge in [0.2, 0.25) is 0 Å². The third-order valence-electron chi connectivity index (χ3n) is 1.98. The minimum absolute atomic E-state index is 0.0403. The van der Waals surface area contributed by atoms with Crippen molar-refractivity contribution in [3.8, 4) is 0 Å². The summed E-state index contributed by atoms with van der Waals surface area (Å²) >= 11 is 5.59. The van der Waals surface area contributed by atoms with Crippen LogP contribution in [0.3, 0.4) is 0 Å². The molecule has 0 aliphatic rings. The molecule has 94 valence electrons. The van der Waals surface area contributed by atoms with E-state index in [9.17, 15) is 13.2 Å². The molecule has 0 aliphatic heterocycles. The molecule has 0 aliphatic carbocycles. The molecule has 0 unspecified atom stereocenters. The van der Waals surface area contributed by atoms with Gasteiger partial charge in [0.05, 0.1) is 11.1 Å². The van der Waals surface area contributed by atoms with E-state index in [-0.39, 0.29) is 10.5 Å². The lowest BCUT2D eigenvalue weighted by atomic mass is 10.2. The monoisotopic (exact) mass is 264 g/mol. The van der Waals surface area contributed by atoms with Crippen LogP contribution in [0.4, 0.5) is 13.2 Å². The quantitative estimate of drug-likeness (QED) is 0.742. The highest BCUT2D eigenvalue weighted by Crippen LogP contribution is 2.35. The van der Waals surface area contributed by atoms with Crippen molar-refractivity contribution < 1.29 is 13.2 Å². The van der Waals surface area contributed by atoms with E-state index in [1.54, 1.807) is 6.92 Å². The van der Waals surface area contributed by atoms with Gasteiger partial charge in [-0.2, -0.15) is 13.2 Å². The first-order valence-corrected chi connectivity index (χ1v) is 5.49. The van der Waals surface area contributed by atoms with Gasteiger partial charge in [0.15, 0.2) is 0 Å². The second-order valence-corrected chi connectivity index (χ2v) is 3.61. The minimum Gasteiger partial charge on any atom is -0.342 e. The molecule has 0 atom stereocenters. The van der Waals surface area contributed by atoms with Gasteiger partial charge in [0.1, 0.15) is 11.3 Å². The van der Waals surface area contributed by atoms with Gasteiger partial charge in [-0.05, 0) is 19.1 Å². The Bertz CT molecular complexity index is 517. The lowest BCUT2D eigenvalue weighted by molar-refractivity contribution is -0.136. The number of H-pyrrole nitrogens is 1. The Morgan fingerprint density at radius 3 is 2.35 bits per heavy atom. The number of alkyl halides is 3. The maximum absolute atomic E-state index is 12.6. The second kappa shape index (κ2) is 4.96. The Kier molecular flexibility index (Phi) is 4.03. The highest BCUT2D eigenvalue weighted by molar-refractivity contribution is 6.31. The molecule has 0 fully saturated rings. The molecule has 0 radical (unpaired) electrons. The molecule has 1 aromatic heterocycles. The first-order valence-electron chi connectivity index (χ1n) is 5.11. The van der Waals surface area contributed by atoms with Gasteiger partial charge >= 0.3 is 6.18 Å². The summed E-state index contributed by atoms with van der Waals surface area (Å²) in [5.41, 5.74) is -0.605.